The summed E-state index contributed by atoms with van der Waals surface area (Å²) >= 11 is 0. The molecule has 0 heterocycles. The third-order valence-electron chi connectivity index (χ3n) is 0. The molecule has 4 heteroatoms. The van der Waals surface area contributed by atoms with Gasteiger partial charge in [-0.3, -0.25) is 0 Å². The Morgan fingerprint density at radius 1 is 1.00 bits per heavy atom. The molecule has 20 valence electrons. The summed E-state index contributed by atoms with van der Waals surface area (Å²) in [6, 6.07) is 0. The molecule has 0 saturated carbocycles. The second kappa shape index (κ2) is 19.9. The van der Waals surface area contributed by atoms with Gasteiger partial charge in [-0.25, -0.2) is 0 Å². The monoisotopic (exact) mass is 212 g/mol. The van der Waals surface area contributed by atoms with E-state index in [4.69, 9.17) is 0 Å². The summed E-state index contributed by atoms with van der Waals surface area (Å²) in [5, 5.41) is 0. The van der Waals surface area contributed by atoms with Crippen molar-refractivity contribution in [3.05, 3.63) is 0 Å². The van der Waals surface area contributed by atoms with Crippen molar-refractivity contribution in [3.8, 4) is 0 Å². The molecule has 0 fully saturated rings. The first-order chi connectivity index (χ1) is 0. The Morgan fingerprint density at radius 3 is 1.00 bits per heavy atom. The van der Waals surface area contributed by atoms with Crippen molar-refractivity contribution in [3.63, 3.8) is 0 Å². The van der Waals surface area contributed by atoms with Gasteiger partial charge in [-0.05, 0) is 11.0 Å². The van der Waals surface area contributed by atoms with Gasteiger partial charge in [0.25, 0.3) is 0 Å². The van der Waals surface area contributed by atoms with E-state index in [0.717, 1.165) is 0 Å². The Labute approximate surface area is 71.4 Å². The molecule has 0 amide bonds. The molecular weight excluding hydrogens is 205 g/mol. The van der Waals surface area contributed by atoms with E-state index in [-0.39, 0.29) is 72.3 Å². The van der Waals surface area contributed by atoms with Crippen LogP contribution in [0.25, 0.3) is 0 Å². The van der Waals surface area contributed by atoms with E-state index < -0.39 is 0 Å². The molecule has 0 aromatic rings. The normalized spacial score (nSPS) is 0. The average Bonchev–Trinajstić information content (AvgIpc) is 0. The van der Waals surface area contributed by atoms with E-state index in [9.17, 15) is 0 Å². The van der Waals surface area contributed by atoms with Crippen LogP contribution in [-0.2, 0) is 0 Å². The molecule has 0 rings (SSSR count). The van der Waals surface area contributed by atoms with Crippen molar-refractivity contribution >= 4 is 36.7 Å². The molecule has 0 bridgehead atoms. The van der Waals surface area contributed by atoms with Gasteiger partial charge in [-0.2, -0.15) is 0 Å². The third kappa shape index (κ3) is 8.99. The van der Waals surface area contributed by atoms with Crippen LogP contribution in [0.3, 0.4) is 0 Å². The Kier molecular flexibility index (Phi) is 186. The predicted octanol–water partition coefficient (Wildman–Crippen LogP) is -3.02. The molecule has 0 aliphatic rings. The second-order valence-corrected chi connectivity index (χ2v) is 0. The van der Waals surface area contributed by atoms with Crippen molar-refractivity contribution in [1.82, 2.24) is 0 Å². The first-order valence-corrected chi connectivity index (χ1v) is 0. The minimum Gasteiger partial charge on any atom is -0.0149 e. The topological polar surface area (TPSA) is 0 Å². The van der Waals surface area contributed by atoms with Crippen LogP contribution in [0.2, 0.25) is 0 Å². The summed E-state index contributed by atoms with van der Waals surface area (Å²) in [4.78, 5) is 0. The maximum atomic E-state index is 0. The van der Waals surface area contributed by atoms with Gasteiger partial charge in [0.1, 0.15) is 0 Å². The van der Waals surface area contributed by atoms with Crippen molar-refractivity contribution in [1.29, 1.82) is 0 Å². The van der Waals surface area contributed by atoms with Crippen LogP contribution in [0.4, 0.5) is 0 Å². The van der Waals surface area contributed by atoms with Gasteiger partial charge < -0.3 is 0 Å². The van der Waals surface area contributed by atoms with Crippen LogP contribution in [-0.4, -0.2) is 36.7 Å². The summed E-state index contributed by atoms with van der Waals surface area (Å²) in [5.41, 5.74) is 0. The molecule has 0 aromatic carbocycles. The average molecular weight is 212 g/mol. The largest absolute Gasteiger partial charge is 0.187 e. The van der Waals surface area contributed by atoms with Gasteiger partial charge in [-0.15, -0.1) is 0 Å². The standard InChI is InChI=1S/Al.B.La.H4Si.3H/h;;;1H4;;;. The fraction of sp³-hybridized carbons (Fsp3) is 0. The Hall–Kier alpha value is 2.01. The summed E-state index contributed by atoms with van der Waals surface area (Å²) in [5.74, 6) is 0. The molecule has 0 atom stereocenters. The van der Waals surface area contributed by atoms with Gasteiger partial charge in [0.2, 0.25) is 0 Å². The molecule has 0 nitrogen and oxygen atoms in total. The first kappa shape index (κ1) is 37.4. The zero-order valence-electron chi connectivity index (χ0n) is 1.15. The molecule has 0 aromatic heterocycles. The van der Waals surface area contributed by atoms with Crippen molar-refractivity contribution in [2.24, 2.45) is 0 Å². The molecular formula is H7AlBLaSi. The number of hydrogen-bond acceptors (Lipinski definition) is 0. The Morgan fingerprint density at radius 2 is 1.00 bits per heavy atom. The third-order valence-corrected chi connectivity index (χ3v) is 0. The Bertz CT molecular complexity index is 8.00. The van der Waals surface area contributed by atoms with E-state index in [1.165, 1.54) is 0 Å². The van der Waals surface area contributed by atoms with E-state index >= 15 is 0 Å². The van der Waals surface area contributed by atoms with Crippen LogP contribution in [0.15, 0.2) is 0 Å². The molecule has 0 saturated heterocycles. The number of hydrogen-bond donors (Lipinski definition) is 0. The molecule has 4 heavy (non-hydrogen) atoms. The smallest absolute Gasteiger partial charge is 0.0149 e. The van der Waals surface area contributed by atoms with E-state index in [1.807, 2.05) is 0 Å². The molecule has 0 aliphatic carbocycles. The van der Waals surface area contributed by atoms with E-state index in [2.05, 4.69) is 0 Å². The molecule has 4 radical (unpaired) electrons. The molecule has 0 unspecified atom stereocenters. The van der Waals surface area contributed by atoms with Crippen molar-refractivity contribution in [2.45, 2.75) is 0 Å². The summed E-state index contributed by atoms with van der Waals surface area (Å²) < 4.78 is 0. The quantitative estimate of drug-likeness (QED) is 0.375. The van der Waals surface area contributed by atoms with Crippen LogP contribution in [0.5, 0.6) is 0 Å². The maximum absolute atomic E-state index is 0. The van der Waals surface area contributed by atoms with Gasteiger partial charge in [0.05, 0.1) is 0 Å². The van der Waals surface area contributed by atoms with Crippen molar-refractivity contribution < 1.29 is 35.6 Å². The van der Waals surface area contributed by atoms with Gasteiger partial charge in [-0.1, -0.05) is 0 Å². The zero-order valence-corrected chi connectivity index (χ0v) is 4.78. The van der Waals surface area contributed by atoms with Crippen molar-refractivity contribution in [2.75, 3.05) is 0 Å². The molecule has 0 spiro atoms. The van der Waals surface area contributed by atoms with Gasteiger partial charge in [0, 0.05) is 44.0 Å². The second-order valence-electron chi connectivity index (χ2n) is 0. The van der Waals surface area contributed by atoms with Gasteiger partial charge >= 0.3 is 0 Å². The zero-order chi connectivity index (χ0) is 0. The SMILES string of the molecule is [AlH3].[B].[La].[SiH4]. The summed E-state index contributed by atoms with van der Waals surface area (Å²) in [6.45, 7) is 0. The molecule has 0 N–H and O–H groups in total. The van der Waals surface area contributed by atoms with Crippen LogP contribution < -0.4 is 0 Å². The Balaban J connectivity index is 0. The number of rotatable bonds is 0. The van der Waals surface area contributed by atoms with Crippen LogP contribution >= 0.6 is 0 Å². The maximum Gasteiger partial charge on any atom is 0.187 e. The molecule has 0 aliphatic heterocycles. The first-order valence-electron chi connectivity index (χ1n) is 0. The minimum atomic E-state index is 0. The van der Waals surface area contributed by atoms with Crippen LogP contribution in [0, 0.1) is 35.6 Å². The fourth-order valence-electron chi connectivity index (χ4n) is 0. The predicted molar refractivity (Wildman–Crippen MR) is 27.0 cm³/mol. The van der Waals surface area contributed by atoms with E-state index in [1.54, 1.807) is 0 Å². The van der Waals surface area contributed by atoms with E-state index in [0.29, 0.717) is 0 Å². The fourth-order valence-corrected chi connectivity index (χ4v) is 0. The summed E-state index contributed by atoms with van der Waals surface area (Å²) in [7, 11) is 0. The van der Waals surface area contributed by atoms with Gasteiger partial charge in [0.15, 0.2) is 17.4 Å². The minimum absolute atomic E-state index is 0. The summed E-state index contributed by atoms with van der Waals surface area (Å²) in [6.07, 6.45) is 0. The van der Waals surface area contributed by atoms with Crippen LogP contribution in [0.1, 0.15) is 0 Å².